The van der Waals surface area contributed by atoms with E-state index in [1.165, 1.54) is 31.2 Å². The highest BCUT2D eigenvalue weighted by atomic mass is 28.3. The Morgan fingerprint density at radius 3 is 1.53 bits per heavy atom. The molecule has 55 heavy (non-hydrogen) atoms. The quantitative estimate of drug-likeness (QED) is 0.135. The van der Waals surface area contributed by atoms with Crippen molar-refractivity contribution in [2.75, 3.05) is 13.2 Å². The molecule has 0 amide bonds. The summed E-state index contributed by atoms with van der Waals surface area (Å²) in [4.78, 5) is 53.2. The summed E-state index contributed by atoms with van der Waals surface area (Å²) >= 11 is 0. The first-order chi connectivity index (χ1) is 26.3. The second-order valence-electron chi connectivity index (χ2n) is 14.5. The van der Waals surface area contributed by atoms with Gasteiger partial charge in [0.1, 0.15) is 18.3 Å². The number of aliphatic hydroxyl groups excluding tert-OH is 2. The molecule has 15 heteroatoms. The zero-order valence-electron chi connectivity index (χ0n) is 31.3. The van der Waals surface area contributed by atoms with Gasteiger partial charge >= 0.3 is 23.9 Å². The first kappa shape index (κ1) is 41.7. The summed E-state index contributed by atoms with van der Waals surface area (Å²) in [6.07, 6.45) is -14.4. The van der Waals surface area contributed by atoms with Crippen LogP contribution in [0.5, 0.6) is 0 Å². The van der Waals surface area contributed by atoms with Crippen LogP contribution in [0.2, 0.25) is 25.7 Å². The summed E-state index contributed by atoms with van der Waals surface area (Å²) in [7, 11) is -1.63. The molecule has 10 atom stereocenters. The highest BCUT2D eigenvalue weighted by Crippen LogP contribution is 2.35. The summed E-state index contributed by atoms with van der Waals surface area (Å²) in [5, 5.41) is 22.0. The lowest BCUT2D eigenvalue weighted by atomic mass is 9.96. The topological polar surface area (TPSA) is 183 Å². The van der Waals surface area contributed by atoms with E-state index in [1.54, 1.807) is 66.7 Å². The predicted molar refractivity (Wildman–Crippen MR) is 198 cm³/mol. The van der Waals surface area contributed by atoms with Crippen LogP contribution < -0.4 is 0 Å². The molecular formula is C40H48O14Si. The summed E-state index contributed by atoms with van der Waals surface area (Å²) in [6.45, 7) is 8.69. The Morgan fingerprint density at radius 2 is 1.09 bits per heavy atom. The largest absolute Gasteiger partial charge is 0.456 e. The fraction of sp³-hybridized carbons (Fsp3) is 0.450. The minimum Gasteiger partial charge on any atom is -0.456 e. The summed E-state index contributed by atoms with van der Waals surface area (Å²) < 4.78 is 48.3. The maximum absolute atomic E-state index is 13.7. The first-order valence-electron chi connectivity index (χ1n) is 18.1. The van der Waals surface area contributed by atoms with E-state index >= 15 is 0 Å². The highest BCUT2D eigenvalue weighted by Gasteiger charge is 2.56. The molecule has 296 valence electrons. The van der Waals surface area contributed by atoms with Gasteiger partial charge in [0, 0.05) is 21.6 Å². The Balaban J connectivity index is 1.55. The Hall–Kier alpha value is -4.48. The van der Waals surface area contributed by atoms with Gasteiger partial charge in [0.05, 0.1) is 29.4 Å². The molecule has 0 bridgehead atoms. The summed E-state index contributed by atoms with van der Waals surface area (Å²) in [5.74, 6) is -3.20. The standard InChI is InChI=1S/C40H48O14Si/c1-24-31(49-25(2)42)33(51-36(44)26-15-9-6-10-16-26)35(53-38(46)28-19-13-8-14-20-28)40(48-24)54-32-30(43)29(23-41)50-39(47-21-22-55(3,4)5)34(32)52-37(45)27-17-11-7-12-18-27/h6-20,24,29-35,39-41,43H,21-23H2,1-5H3/t24-,29+,30-,31-,32-,33+,34+,35+,39+,40-/m0/s1. The van der Waals surface area contributed by atoms with Crippen molar-refractivity contribution in [3.63, 3.8) is 0 Å². The van der Waals surface area contributed by atoms with Crippen LogP contribution >= 0.6 is 0 Å². The average Bonchev–Trinajstić information content (AvgIpc) is 3.16. The van der Waals surface area contributed by atoms with Gasteiger partial charge in [-0.3, -0.25) is 4.79 Å². The molecular weight excluding hydrogens is 733 g/mol. The van der Waals surface area contributed by atoms with Gasteiger partial charge in [0.25, 0.3) is 0 Å². The van der Waals surface area contributed by atoms with E-state index in [-0.39, 0.29) is 23.3 Å². The maximum Gasteiger partial charge on any atom is 0.338 e. The zero-order valence-corrected chi connectivity index (χ0v) is 32.3. The van der Waals surface area contributed by atoms with Crippen LogP contribution in [0, 0.1) is 0 Å². The number of esters is 4. The van der Waals surface area contributed by atoms with Crippen molar-refractivity contribution in [1.82, 2.24) is 0 Å². The SMILES string of the molecule is CC(=O)O[C@@H]1[C@@H](OC(=O)c2ccccc2)[C@@H](OC(=O)c2ccccc2)[C@H](O[C@H]2[C@@H](O)[C@@H](CO)O[C@@H](OCC[Si](C)(C)C)[C@@H]2OC(=O)c2ccccc2)O[C@H]1C. The average molecular weight is 781 g/mol. The van der Waals surface area contributed by atoms with Crippen LogP contribution in [0.3, 0.4) is 0 Å². The minimum atomic E-state index is -1.66. The molecule has 3 aromatic rings. The molecule has 0 aliphatic carbocycles. The Morgan fingerprint density at radius 1 is 0.636 bits per heavy atom. The first-order valence-corrected chi connectivity index (χ1v) is 21.8. The number of benzene rings is 3. The number of carbonyl (C=O) groups excluding carboxylic acids is 4. The maximum atomic E-state index is 13.7. The number of carbonyl (C=O) groups is 4. The minimum absolute atomic E-state index is 0.133. The van der Waals surface area contributed by atoms with E-state index < -0.39 is 100.0 Å². The van der Waals surface area contributed by atoms with Gasteiger partial charge in [0.2, 0.25) is 0 Å². The van der Waals surface area contributed by atoms with Crippen molar-refractivity contribution in [2.45, 2.75) is 101 Å². The Labute approximate surface area is 320 Å². The lowest BCUT2D eigenvalue weighted by molar-refractivity contribution is -0.355. The number of hydrogen-bond acceptors (Lipinski definition) is 14. The van der Waals surface area contributed by atoms with Crippen LogP contribution in [0.1, 0.15) is 44.9 Å². The van der Waals surface area contributed by atoms with Crippen molar-refractivity contribution in [2.24, 2.45) is 0 Å². The van der Waals surface area contributed by atoms with Crippen LogP contribution in [-0.4, -0.2) is 117 Å². The van der Waals surface area contributed by atoms with Gasteiger partial charge < -0.3 is 48.1 Å². The van der Waals surface area contributed by atoms with E-state index in [0.29, 0.717) is 6.04 Å². The van der Waals surface area contributed by atoms with Crippen molar-refractivity contribution in [1.29, 1.82) is 0 Å². The fourth-order valence-electron chi connectivity index (χ4n) is 6.09. The zero-order chi connectivity index (χ0) is 39.7. The fourth-order valence-corrected chi connectivity index (χ4v) is 6.82. The van der Waals surface area contributed by atoms with Crippen molar-refractivity contribution in [3.05, 3.63) is 108 Å². The second-order valence-corrected chi connectivity index (χ2v) is 20.1. The van der Waals surface area contributed by atoms with Gasteiger partial charge in [-0.05, 0) is 49.4 Å². The van der Waals surface area contributed by atoms with E-state index in [4.69, 9.17) is 37.9 Å². The van der Waals surface area contributed by atoms with Gasteiger partial charge in [-0.15, -0.1) is 0 Å². The molecule has 0 aromatic heterocycles. The molecule has 2 aliphatic heterocycles. The van der Waals surface area contributed by atoms with Crippen LogP contribution in [0.4, 0.5) is 0 Å². The second kappa shape index (κ2) is 18.9. The third-order valence-electron chi connectivity index (χ3n) is 9.01. The molecule has 2 fully saturated rings. The third kappa shape index (κ3) is 11.1. The summed E-state index contributed by atoms with van der Waals surface area (Å²) in [6, 6.07) is 24.8. The van der Waals surface area contributed by atoms with Crippen molar-refractivity contribution < 1.29 is 67.3 Å². The molecule has 2 heterocycles. The molecule has 3 aromatic carbocycles. The lowest BCUT2D eigenvalue weighted by Gasteiger charge is -2.48. The molecule has 0 radical (unpaired) electrons. The van der Waals surface area contributed by atoms with E-state index in [2.05, 4.69) is 19.6 Å². The Bertz CT molecular complexity index is 1720. The molecule has 0 unspecified atom stereocenters. The number of aliphatic hydroxyl groups is 2. The lowest BCUT2D eigenvalue weighted by Crippen LogP contribution is -2.66. The number of rotatable bonds is 14. The van der Waals surface area contributed by atoms with E-state index in [1.807, 2.05) is 0 Å². The normalized spacial score (nSPS) is 28.1. The molecule has 2 N–H and O–H groups in total. The molecule has 2 aliphatic rings. The van der Waals surface area contributed by atoms with Gasteiger partial charge in [0.15, 0.2) is 37.0 Å². The van der Waals surface area contributed by atoms with Gasteiger partial charge in [-0.1, -0.05) is 74.2 Å². The van der Waals surface area contributed by atoms with Crippen molar-refractivity contribution >= 4 is 32.0 Å². The van der Waals surface area contributed by atoms with Crippen molar-refractivity contribution in [3.8, 4) is 0 Å². The molecule has 0 spiro atoms. The molecule has 5 rings (SSSR count). The Kier molecular flexibility index (Phi) is 14.3. The van der Waals surface area contributed by atoms with Crippen LogP contribution in [-0.2, 0) is 42.7 Å². The molecule has 14 nitrogen and oxygen atoms in total. The summed E-state index contributed by atoms with van der Waals surface area (Å²) in [5.41, 5.74) is 0.481. The monoisotopic (exact) mass is 780 g/mol. The van der Waals surface area contributed by atoms with E-state index in [9.17, 15) is 29.4 Å². The molecule has 0 saturated carbocycles. The van der Waals surface area contributed by atoms with Crippen LogP contribution in [0.25, 0.3) is 0 Å². The third-order valence-corrected chi connectivity index (χ3v) is 10.7. The smallest absolute Gasteiger partial charge is 0.338 e. The van der Waals surface area contributed by atoms with E-state index in [0.717, 1.165) is 6.92 Å². The number of ether oxygens (including phenoxy) is 8. The highest BCUT2D eigenvalue weighted by molar-refractivity contribution is 6.76. The van der Waals surface area contributed by atoms with Gasteiger partial charge in [-0.25, -0.2) is 14.4 Å². The number of hydrogen-bond donors (Lipinski definition) is 2. The van der Waals surface area contributed by atoms with Crippen LogP contribution in [0.15, 0.2) is 91.0 Å². The molecule has 2 saturated heterocycles. The van der Waals surface area contributed by atoms with Gasteiger partial charge in [-0.2, -0.15) is 0 Å². The predicted octanol–water partition coefficient (Wildman–Crippen LogP) is 4.16.